The summed E-state index contributed by atoms with van der Waals surface area (Å²) in [5.41, 5.74) is 0. The van der Waals surface area contributed by atoms with Crippen LogP contribution in [0.4, 0.5) is 0 Å². The van der Waals surface area contributed by atoms with Crippen LogP contribution >= 0.6 is 0 Å². The Morgan fingerprint density at radius 3 is 2.62 bits per heavy atom. The summed E-state index contributed by atoms with van der Waals surface area (Å²) in [6, 6.07) is 0. The van der Waals surface area contributed by atoms with Crippen LogP contribution in [0.5, 0.6) is 0 Å². The molecule has 75 valence electrons. The molecule has 0 aromatic rings. The average molecular weight is 182 g/mol. The molecule has 0 unspecified atom stereocenters. The van der Waals surface area contributed by atoms with E-state index in [4.69, 9.17) is 4.74 Å². The van der Waals surface area contributed by atoms with Crippen LogP contribution in [-0.4, -0.2) is 27.2 Å². The minimum Gasteiger partial charge on any atom is -0.369 e. The summed E-state index contributed by atoms with van der Waals surface area (Å²) in [4.78, 5) is 0. The molecule has 0 saturated carbocycles. The minimum absolute atomic E-state index is 0.562. The Morgan fingerprint density at radius 1 is 1.38 bits per heavy atom. The van der Waals surface area contributed by atoms with E-state index >= 15 is 0 Å². The third-order valence-corrected chi connectivity index (χ3v) is 1.16. The highest BCUT2D eigenvalue weighted by Crippen LogP contribution is 1.79. The maximum absolute atomic E-state index is 5.19. The molecule has 0 saturated heterocycles. The fourth-order valence-electron chi connectivity index (χ4n) is 0.616. The zero-order chi connectivity index (χ0) is 10.4. The van der Waals surface area contributed by atoms with Gasteiger partial charge in [-0.05, 0) is 19.9 Å². The Labute approximate surface area is 83.7 Å². The first-order valence-corrected chi connectivity index (χ1v) is 4.90. The third kappa shape index (κ3) is 18.5. The van der Waals surface area contributed by atoms with Gasteiger partial charge in [0.25, 0.3) is 0 Å². The molecular formula is C10H21BNO. The second-order valence-electron chi connectivity index (χ2n) is 2.08. The van der Waals surface area contributed by atoms with Crippen LogP contribution in [0.1, 0.15) is 27.2 Å². The standard InChI is InChI=1S/C8H15BNO.C2H6/c1-3-4-7-11-8-5-6-10-9-2;1-2/h10H,5-8H2,1-2H3;1-2H3. The van der Waals surface area contributed by atoms with Gasteiger partial charge in [-0.1, -0.05) is 26.6 Å². The zero-order valence-corrected chi connectivity index (χ0v) is 9.31. The van der Waals surface area contributed by atoms with Gasteiger partial charge in [-0.3, -0.25) is 0 Å². The Bertz CT molecular complexity index is 129. The molecule has 1 N–H and O–H groups in total. The summed E-state index contributed by atoms with van der Waals surface area (Å²) >= 11 is 0. The molecule has 0 atom stereocenters. The number of nitrogens with one attached hydrogen (secondary N) is 1. The second-order valence-corrected chi connectivity index (χ2v) is 2.08. The van der Waals surface area contributed by atoms with Gasteiger partial charge < -0.3 is 9.96 Å². The van der Waals surface area contributed by atoms with Gasteiger partial charge in [-0.25, -0.2) is 0 Å². The van der Waals surface area contributed by atoms with Gasteiger partial charge >= 0.3 is 0 Å². The Hall–Kier alpha value is -0.455. The van der Waals surface area contributed by atoms with Crippen molar-refractivity contribution in [1.82, 2.24) is 5.23 Å². The number of hydrogen-bond donors (Lipinski definition) is 1. The van der Waals surface area contributed by atoms with Crippen LogP contribution < -0.4 is 5.23 Å². The smallest absolute Gasteiger partial charge is 0.201 e. The molecule has 1 radical (unpaired) electrons. The lowest BCUT2D eigenvalue weighted by Gasteiger charge is -1.99. The van der Waals surface area contributed by atoms with Crippen LogP contribution in [0.15, 0.2) is 0 Å². The number of hydrogen-bond acceptors (Lipinski definition) is 2. The van der Waals surface area contributed by atoms with Gasteiger partial charge in [0.1, 0.15) is 6.61 Å². The molecule has 0 bridgehead atoms. The molecule has 0 aliphatic rings. The first kappa shape index (κ1) is 15.0. The average Bonchev–Trinajstić information content (AvgIpc) is 2.20. The lowest BCUT2D eigenvalue weighted by molar-refractivity contribution is 0.165. The SMILES string of the molecule is CC.C[B]NCCCOCC#CC. The van der Waals surface area contributed by atoms with E-state index in [-0.39, 0.29) is 0 Å². The van der Waals surface area contributed by atoms with E-state index in [2.05, 4.69) is 17.1 Å². The van der Waals surface area contributed by atoms with Gasteiger partial charge in [0.2, 0.25) is 7.41 Å². The highest BCUT2D eigenvalue weighted by molar-refractivity contribution is 6.29. The lowest BCUT2D eigenvalue weighted by Crippen LogP contribution is -2.18. The molecule has 0 rings (SSSR count). The van der Waals surface area contributed by atoms with E-state index in [9.17, 15) is 0 Å². The zero-order valence-electron chi connectivity index (χ0n) is 9.31. The van der Waals surface area contributed by atoms with Crippen LogP contribution in [-0.2, 0) is 4.74 Å². The maximum Gasteiger partial charge on any atom is 0.201 e. The highest BCUT2D eigenvalue weighted by atomic mass is 16.5. The Balaban J connectivity index is 0. The van der Waals surface area contributed by atoms with Gasteiger partial charge in [-0.15, -0.1) is 5.92 Å². The Kier molecular flexibility index (Phi) is 20.3. The molecule has 13 heavy (non-hydrogen) atoms. The number of ether oxygens (including phenoxy) is 1. The highest BCUT2D eigenvalue weighted by Gasteiger charge is 1.85. The monoisotopic (exact) mass is 182 g/mol. The van der Waals surface area contributed by atoms with Crippen molar-refractivity contribution in [3.8, 4) is 11.8 Å². The normalized spacial score (nSPS) is 7.69. The van der Waals surface area contributed by atoms with Crippen molar-refractivity contribution in [2.45, 2.75) is 34.0 Å². The third-order valence-electron chi connectivity index (χ3n) is 1.16. The van der Waals surface area contributed by atoms with Gasteiger partial charge in [0, 0.05) is 6.61 Å². The molecule has 2 nitrogen and oxygen atoms in total. The van der Waals surface area contributed by atoms with Gasteiger partial charge in [0.05, 0.1) is 0 Å². The first-order chi connectivity index (χ1) is 6.41. The van der Waals surface area contributed by atoms with Gasteiger partial charge in [0.15, 0.2) is 0 Å². The molecule has 0 fully saturated rings. The summed E-state index contributed by atoms with van der Waals surface area (Å²) in [5.74, 6) is 5.61. The van der Waals surface area contributed by atoms with Crippen molar-refractivity contribution in [3.05, 3.63) is 0 Å². The summed E-state index contributed by atoms with van der Waals surface area (Å²) in [5, 5.41) is 3.10. The van der Waals surface area contributed by atoms with Crippen molar-refractivity contribution in [2.24, 2.45) is 0 Å². The predicted octanol–water partition coefficient (Wildman–Crippen LogP) is 1.70. The molecule has 0 aromatic carbocycles. The van der Waals surface area contributed by atoms with E-state index < -0.39 is 0 Å². The van der Waals surface area contributed by atoms with Gasteiger partial charge in [-0.2, -0.15) is 0 Å². The van der Waals surface area contributed by atoms with Crippen molar-refractivity contribution < 1.29 is 4.74 Å². The fourth-order valence-corrected chi connectivity index (χ4v) is 0.616. The molecule has 0 aromatic heterocycles. The molecule has 0 heterocycles. The number of rotatable bonds is 6. The van der Waals surface area contributed by atoms with Crippen molar-refractivity contribution in [3.63, 3.8) is 0 Å². The topological polar surface area (TPSA) is 21.3 Å². The van der Waals surface area contributed by atoms with E-state index in [1.807, 2.05) is 35.0 Å². The lowest BCUT2D eigenvalue weighted by atomic mass is 10.0. The summed E-state index contributed by atoms with van der Waals surface area (Å²) in [6.07, 6.45) is 1.04. The predicted molar refractivity (Wildman–Crippen MR) is 59.9 cm³/mol. The second kappa shape index (κ2) is 17.6. The summed E-state index contributed by atoms with van der Waals surface area (Å²) < 4.78 is 5.19. The molecule has 0 spiro atoms. The Morgan fingerprint density at radius 2 is 2.08 bits per heavy atom. The first-order valence-electron chi connectivity index (χ1n) is 4.90. The van der Waals surface area contributed by atoms with Crippen LogP contribution in [0, 0.1) is 11.8 Å². The van der Waals surface area contributed by atoms with Crippen LogP contribution in [0.3, 0.4) is 0 Å². The van der Waals surface area contributed by atoms with Crippen molar-refractivity contribution in [1.29, 1.82) is 0 Å². The van der Waals surface area contributed by atoms with Crippen LogP contribution in [0.2, 0.25) is 6.82 Å². The molecule has 0 aliphatic carbocycles. The molecular weight excluding hydrogens is 161 g/mol. The minimum atomic E-state index is 0.562. The molecule has 3 heteroatoms. The molecule has 0 aliphatic heterocycles. The van der Waals surface area contributed by atoms with Crippen LogP contribution in [0.25, 0.3) is 0 Å². The van der Waals surface area contributed by atoms with E-state index in [0.717, 1.165) is 19.6 Å². The van der Waals surface area contributed by atoms with E-state index in [1.165, 1.54) is 0 Å². The van der Waals surface area contributed by atoms with E-state index in [1.54, 1.807) is 0 Å². The summed E-state index contributed by atoms with van der Waals surface area (Å²) in [6.45, 7) is 10.1. The summed E-state index contributed by atoms with van der Waals surface area (Å²) in [7, 11) is 1.94. The maximum atomic E-state index is 5.19. The van der Waals surface area contributed by atoms with E-state index in [0.29, 0.717) is 6.61 Å². The molecule has 0 amide bonds. The largest absolute Gasteiger partial charge is 0.369 e. The fraction of sp³-hybridized carbons (Fsp3) is 0.800. The quantitative estimate of drug-likeness (QED) is 0.383. The van der Waals surface area contributed by atoms with Crippen molar-refractivity contribution >= 4 is 7.41 Å². The van der Waals surface area contributed by atoms with Crippen molar-refractivity contribution in [2.75, 3.05) is 19.8 Å².